The van der Waals surface area contributed by atoms with Crippen molar-refractivity contribution in [2.24, 2.45) is 0 Å². The summed E-state index contributed by atoms with van der Waals surface area (Å²) in [7, 11) is 0.644. The Labute approximate surface area is 126 Å². The van der Waals surface area contributed by atoms with Gasteiger partial charge in [0.25, 0.3) is 0 Å². The number of halogens is 2. The van der Waals surface area contributed by atoms with Gasteiger partial charge in [0.05, 0.1) is 6.61 Å². The number of aromatic nitrogens is 2. The SMILES string of the molecule is COCc1c(Br)nn(COCC[Si](C)(C)C)c1Br. The summed E-state index contributed by atoms with van der Waals surface area (Å²) in [5.41, 5.74) is 1.01. The molecule has 0 aliphatic heterocycles. The lowest BCUT2D eigenvalue weighted by atomic mass is 10.4. The molecule has 0 spiro atoms. The van der Waals surface area contributed by atoms with Crippen molar-refractivity contribution in [3.63, 3.8) is 0 Å². The van der Waals surface area contributed by atoms with Gasteiger partial charge in [-0.2, -0.15) is 5.10 Å². The molecule has 0 bridgehead atoms. The van der Waals surface area contributed by atoms with Gasteiger partial charge in [0.1, 0.15) is 15.9 Å². The molecule has 0 atom stereocenters. The van der Waals surface area contributed by atoms with E-state index in [4.69, 9.17) is 9.47 Å². The Morgan fingerprint density at radius 2 is 1.94 bits per heavy atom. The second-order valence-electron chi connectivity index (χ2n) is 5.34. The molecule has 18 heavy (non-hydrogen) atoms. The molecular formula is C11H20Br2N2O2Si. The molecule has 0 N–H and O–H groups in total. The lowest BCUT2D eigenvalue weighted by molar-refractivity contribution is 0.0765. The molecular weight excluding hydrogens is 380 g/mol. The second-order valence-corrected chi connectivity index (χ2v) is 12.5. The van der Waals surface area contributed by atoms with Crippen molar-refractivity contribution < 1.29 is 9.47 Å². The van der Waals surface area contributed by atoms with Crippen molar-refractivity contribution in [1.29, 1.82) is 0 Å². The fourth-order valence-electron chi connectivity index (χ4n) is 1.33. The first-order valence-corrected chi connectivity index (χ1v) is 11.1. The van der Waals surface area contributed by atoms with Gasteiger partial charge in [-0.15, -0.1) is 0 Å². The summed E-state index contributed by atoms with van der Waals surface area (Å²) in [5, 5.41) is 4.36. The summed E-state index contributed by atoms with van der Waals surface area (Å²) in [5.74, 6) is 0. The van der Waals surface area contributed by atoms with Gasteiger partial charge in [-0.1, -0.05) is 19.6 Å². The van der Waals surface area contributed by atoms with Crippen molar-refractivity contribution in [2.45, 2.75) is 39.0 Å². The maximum Gasteiger partial charge on any atom is 0.140 e. The monoisotopic (exact) mass is 398 g/mol. The second kappa shape index (κ2) is 7.19. The fourth-order valence-corrected chi connectivity index (χ4v) is 3.33. The van der Waals surface area contributed by atoms with Gasteiger partial charge in [0.15, 0.2) is 0 Å². The Hall–Kier alpha value is 0.307. The number of methoxy groups -OCH3 is 1. The Balaban J connectivity index is 2.50. The van der Waals surface area contributed by atoms with Crippen molar-refractivity contribution in [3.05, 3.63) is 14.8 Å². The van der Waals surface area contributed by atoms with Crippen LogP contribution in [0.1, 0.15) is 5.56 Å². The number of hydrogen-bond donors (Lipinski definition) is 0. The van der Waals surface area contributed by atoms with Crippen LogP contribution in [-0.2, 0) is 22.8 Å². The van der Waals surface area contributed by atoms with E-state index in [1.165, 1.54) is 0 Å². The molecule has 0 aliphatic rings. The van der Waals surface area contributed by atoms with E-state index in [-0.39, 0.29) is 0 Å². The Kier molecular flexibility index (Phi) is 6.53. The summed E-state index contributed by atoms with van der Waals surface area (Å²) in [6.45, 7) is 8.80. The number of ether oxygens (including phenoxy) is 2. The van der Waals surface area contributed by atoms with Crippen LogP contribution in [-0.4, -0.2) is 31.6 Å². The first kappa shape index (κ1) is 16.4. The molecule has 1 aromatic heterocycles. The standard InChI is InChI=1S/C11H20Br2N2O2Si/c1-16-7-9-10(12)14-15(11(9)13)8-17-5-6-18(2,3)4/h5-8H2,1-4H3. The van der Waals surface area contributed by atoms with Crippen molar-refractivity contribution >= 4 is 39.9 Å². The average Bonchev–Trinajstić information content (AvgIpc) is 2.51. The van der Waals surface area contributed by atoms with E-state index in [0.29, 0.717) is 13.3 Å². The van der Waals surface area contributed by atoms with Crippen LogP contribution >= 0.6 is 31.9 Å². The molecule has 1 rings (SSSR count). The topological polar surface area (TPSA) is 36.3 Å². The van der Waals surface area contributed by atoms with Gasteiger partial charge in [-0.05, 0) is 37.9 Å². The minimum absolute atomic E-state index is 0.466. The Bertz CT molecular complexity index is 391. The number of hydrogen-bond acceptors (Lipinski definition) is 3. The summed E-state index contributed by atoms with van der Waals surface area (Å²) in [6.07, 6.45) is 0. The van der Waals surface area contributed by atoms with Crippen LogP contribution in [0.25, 0.3) is 0 Å². The highest BCUT2D eigenvalue weighted by atomic mass is 79.9. The van der Waals surface area contributed by atoms with Gasteiger partial charge >= 0.3 is 0 Å². The quantitative estimate of drug-likeness (QED) is 0.515. The van der Waals surface area contributed by atoms with Gasteiger partial charge in [0, 0.05) is 27.4 Å². The summed E-state index contributed by atoms with van der Waals surface area (Å²) >= 11 is 6.93. The van der Waals surface area contributed by atoms with Gasteiger partial charge in [-0.3, -0.25) is 0 Å². The molecule has 7 heteroatoms. The molecule has 4 nitrogen and oxygen atoms in total. The van der Waals surface area contributed by atoms with Crippen LogP contribution in [0.3, 0.4) is 0 Å². The van der Waals surface area contributed by atoms with E-state index in [0.717, 1.165) is 27.4 Å². The van der Waals surface area contributed by atoms with Crippen LogP contribution in [0.15, 0.2) is 9.21 Å². The molecule has 0 fully saturated rings. The summed E-state index contributed by atoms with van der Waals surface area (Å²) < 4.78 is 14.3. The predicted molar refractivity (Wildman–Crippen MR) is 82.4 cm³/mol. The van der Waals surface area contributed by atoms with Gasteiger partial charge < -0.3 is 9.47 Å². The Morgan fingerprint density at radius 1 is 1.28 bits per heavy atom. The highest BCUT2D eigenvalue weighted by molar-refractivity contribution is 9.11. The zero-order chi connectivity index (χ0) is 13.8. The van der Waals surface area contributed by atoms with Crippen molar-refractivity contribution in [1.82, 2.24) is 9.78 Å². The fraction of sp³-hybridized carbons (Fsp3) is 0.727. The lowest BCUT2D eigenvalue weighted by Gasteiger charge is -2.15. The summed E-state index contributed by atoms with van der Waals surface area (Å²) in [4.78, 5) is 0. The normalized spacial score (nSPS) is 12.1. The minimum atomic E-state index is -1.02. The maximum absolute atomic E-state index is 5.67. The minimum Gasteiger partial charge on any atom is -0.380 e. The highest BCUT2D eigenvalue weighted by Crippen LogP contribution is 2.25. The van der Waals surface area contributed by atoms with E-state index in [2.05, 4.69) is 56.6 Å². The third-order valence-corrected chi connectivity index (χ3v) is 5.66. The average molecular weight is 400 g/mol. The molecule has 104 valence electrons. The molecule has 0 saturated carbocycles. The maximum atomic E-state index is 5.67. The first-order chi connectivity index (χ1) is 8.35. The number of nitrogens with zero attached hydrogens (tertiary/aromatic N) is 2. The molecule has 1 aromatic rings. The molecule has 0 amide bonds. The van der Waals surface area contributed by atoms with Gasteiger partial charge in [-0.25, -0.2) is 4.68 Å². The predicted octanol–water partition coefficient (Wildman–Crippen LogP) is 3.87. The van der Waals surface area contributed by atoms with Gasteiger partial charge in [0.2, 0.25) is 0 Å². The third-order valence-electron chi connectivity index (χ3n) is 2.43. The van der Waals surface area contributed by atoms with Crippen molar-refractivity contribution in [3.8, 4) is 0 Å². The molecule has 0 unspecified atom stereocenters. The molecule has 0 radical (unpaired) electrons. The highest BCUT2D eigenvalue weighted by Gasteiger charge is 2.15. The zero-order valence-electron chi connectivity index (χ0n) is 11.3. The van der Waals surface area contributed by atoms with E-state index in [1.54, 1.807) is 11.8 Å². The Morgan fingerprint density at radius 3 is 2.50 bits per heavy atom. The molecule has 0 saturated heterocycles. The lowest BCUT2D eigenvalue weighted by Crippen LogP contribution is -2.22. The van der Waals surface area contributed by atoms with Crippen LogP contribution in [0.4, 0.5) is 0 Å². The van der Waals surface area contributed by atoms with Crippen LogP contribution < -0.4 is 0 Å². The van der Waals surface area contributed by atoms with E-state index in [1.807, 2.05) is 0 Å². The smallest absolute Gasteiger partial charge is 0.140 e. The zero-order valence-corrected chi connectivity index (χ0v) is 15.5. The van der Waals surface area contributed by atoms with Crippen molar-refractivity contribution in [2.75, 3.05) is 13.7 Å². The first-order valence-electron chi connectivity index (χ1n) is 5.82. The van der Waals surface area contributed by atoms with Crippen LogP contribution in [0, 0.1) is 0 Å². The van der Waals surface area contributed by atoms with Crippen LogP contribution in [0.2, 0.25) is 25.7 Å². The molecule has 0 aromatic carbocycles. The molecule has 0 aliphatic carbocycles. The number of rotatable bonds is 7. The summed E-state index contributed by atoms with van der Waals surface area (Å²) in [6, 6.07) is 1.16. The van der Waals surface area contributed by atoms with Crippen LogP contribution in [0.5, 0.6) is 0 Å². The van der Waals surface area contributed by atoms with E-state index in [9.17, 15) is 0 Å². The largest absolute Gasteiger partial charge is 0.380 e. The third kappa shape index (κ3) is 5.12. The van der Waals surface area contributed by atoms with E-state index >= 15 is 0 Å². The molecule has 1 heterocycles. The van der Waals surface area contributed by atoms with E-state index < -0.39 is 8.07 Å².